The SMILES string of the molecule is C[C@@H]1O[C@@H](O[C@H]2[C@H](O[C@H]3CC[C@]4(C)[C@H]5CC[C@@H]6[C@H]7[C@H](C(C)(C)O)[C@@H]8C[C@@]7(CC[C@@]6(C)[C@]5(C)CC[C@H]4C3(C)C)C(=O)O8)O[C@H](C(=O)O)[C@@H](O)[C@@H]2O)[C@H](O)[C@H](O[C@@H]2O[C@H](CO)[C@@H](O)[C@H](O)[C@H]2O)[C@H]1O. The van der Waals surface area contributed by atoms with Crippen LogP contribution < -0.4 is 0 Å². The highest BCUT2D eigenvalue weighted by Crippen LogP contribution is 2.79. The van der Waals surface area contributed by atoms with Gasteiger partial charge in [-0.3, -0.25) is 4.79 Å². The zero-order valence-electron chi connectivity index (χ0n) is 39.9. The van der Waals surface area contributed by atoms with Gasteiger partial charge in [-0.25, -0.2) is 4.79 Å². The van der Waals surface area contributed by atoms with E-state index in [2.05, 4.69) is 34.6 Å². The average Bonchev–Trinajstić information content (AvgIpc) is 3.76. The molecule has 0 amide bonds. The molecule has 5 saturated carbocycles. The Bertz CT molecular complexity index is 1880. The van der Waals surface area contributed by atoms with Crippen LogP contribution in [-0.2, 0) is 42.7 Å². The number of esters is 1. The Balaban J connectivity index is 0.945. The fourth-order valence-corrected chi connectivity index (χ4v) is 16.6. The van der Waals surface area contributed by atoms with Crippen molar-refractivity contribution in [2.24, 2.45) is 56.7 Å². The first-order valence-corrected chi connectivity index (χ1v) is 24.6. The number of carbonyl (C=O) groups excluding carboxylic acids is 1. The molecule has 67 heavy (non-hydrogen) atoms. The number of aliphatic hydroxyl groups excluding tert-OH is 8. The van der Waals surface area contributed by atoms with Gasteiger partial charge in [0.25, 0.3) is 0 Å². The van der Waals surface area contributed by atoms with Crippen LogP contribution in [0.4, 0.5) is 0 Å². The maximum Gasteiger partial charge on any atom is 0.335 e. The highest BCUT2D eigenvalue weighted by molar-refractivity contribution is 5.81. The van der Waals surface area contributed by atoms with Crippen LogP contribution in [-0.4, -0.2) is 180 Å². The van der Waals surface area contributed by atoms with Crippen molar-refractivity contribution in [3.05, 3.63) is 0 Å². The molecule has 26 atom stereocenters. The van der Waals surface area contributed by atoms with Gasteiger partial charge in [0.05, 0.1) is 29.8 Å². The van der Waals surface area contributed by atoms with Crippen molar-refractivity contribution >= 4 is 11.9 Å². The average molecular weight is 957 g/mol. The lowest BCUT2D eigenvalue weighted by Crippen LogP contribution is -2.69. The number of fused-ring (bicyclic) bond motifs is 7. The van der Waals surface area contributed by atoms with Crippen LogP contribution in [0.1, 0.15) is 113 Å². The summed E-state index contributed by atoms with van der Waals surface area (Å²) >= 11 is 0. The van der Waals surface area contributed by atoms with Crippen LogP contribution in [0, 0.1) is 56.7 Å². The molecule has 0 aromatic rings. The summed E-state index contributed by atoms with van der Waals surface area (Å²) in [6.07, 6.45) is -19.0. The van der Waals surface area contributed by atoms with E-state index < -0.39 is 127 Å². The summed E-state index contributed by atoms with van der Waals surface area (Å²) in [5, 5.41) is 108. The molecular weight excluding hydrogens is 881 g/mol. The van der Waals surface area contributed by atoms with Crippen molar-refractivity contribution < 1.29 is 93.8 Å². The van der Waals surface area contributed by atoms with Crippen LogP contribution in [0.25, 0.3) is 0 Å². The van der Waals surface area contributed by atoms with E-state index in [1.54, 1.807) is 0 Å². The molecular formula is C48H76O19. The van der Waals surface area contributed by atoms with E-state index in [1.165, 1.54) is 6.92 Å². The molecule has 10 N–H and O–H groups in total. The van der Waals surface area contributed by atoms with Crippen molar-refractivity contribution in [3.8, 4) is 0 Å². The molecule has 0 radical (unpaired) electrons. The van der Waals surface area contributed by atoms with Gasteiger partial charge >= 0.3 is 11.9 Å². The molecule has 4 saturated heterocycles. The topological polar surface area (TPSA) is 301 Å². The third-order valence-corrected chi connectivity index (χ3v) is 20.2. The maximum absolute atomic E-state index is 13.6. The molecule has 9 fully saturated rings. The standard InChI is InChI=1S/C48H76O19/c1-19-28(50)35(65-39-33(55)30(52)29(51)22(18-49)62-39)34(56)40(61-19)67-37-32(54)31(53)36(38(57)58)66-41(37)64-25-12-13-45(6)23(43(25,2)3)11-14-47(8)24(45)10-9-20-26-27(44(4,5)60)21-17-48(26,42(59)63-21)16-15-46(20,47)7/h19-37,39-41,49-56,60H,9-18H2,1-8H3,(H,57,58)/t19-,20+,21-,22+,23-,24+,25-,26-,27+,28-,29+,30-,31-,32-,33+,34+,35+,36-,37+,39-,40-,41+,45-,46+,47+,48+/m0/s1. The summed E-state index contributed by atoms with van der Waals surface area (Å²) in [6, 6.07) is 0. The first-order valence-electron chi connectivity index (χ1n) is 24.6. The van der Waals surface area contributed by atoms with Gasteiger partial charge in [-0.1, -0.05) is 34.6 Å². The first kappa shape index (κ1) is 50.3. The fraction of sp³-hybridized carbons (Fsp3) is 0.958. The van der Waals surface area contributed by atoms with Crippen LogP contribution in [0.2, 0.25) is 0 Å². The van der Waals surface area contributed by atoms with Gasteiger partial charge < -0.3 is 84.2 Å². The Labute approximate surface area is 391 Å². The lowest BCUT2D eigenvalue weighted by molar-refractivity contribution is -0.387. The van der Waals surface area contributed by atoms with Crippen LogP contribution in [0.3, 0.4) is 0 Å². The Hall–Kier alpha value is -1.66. The van der Waals surface area contributed by atoms with E-state index in [0.29, 0.717) is 18.8 Å². The fourth-order valence-electron chi connectivity index (χ4n) is 16.6. The van der Waals surface area contributed by atoms with Gasteiger partial charge in [-0.05, 0) is 117 Å². The van der Waals surface area contributed by atoms with Crippen LogP contribution in [0.5, 0.6) is 0 Å². The molecule has 2 bridgehead atoms. The highest BCUT2D eigenvalue weighted by Gasteiger charge is 2.77. The van der Waals surface area contributed by atoms with Gasteiger partial charge in [0.1, 0.15) is 67.1 Å². The quantitative estimate of drug-likeness (QED) is 0.110. The Kier molecular flexibility index (Phi) is 12.7. The van der Waals surface area contributed by atoms with E-state index in [4.69, 9.17) is 33.2 Å². The van der Waals surface area contributed by atoms with Crippen LogP contribution >= 0.6 is 0 Å². The Morgan fingerprint density at radius 2 is 1.37 bits per heavy atom. The molecule has 0 aromatic carbocycles. The second-order valence-corrected chi connectivity index (χ2v) is 24.0. The number of hydrogen-bond acceptors (Lipinski definition) is 18. The third-order valence-electron chi connectivity index (χ3n) is 20.2. The first-order chi connectivity index (χ1) is 31.2. The number of hydrogen-bond donors (Lipinski definition) is 10. The summed E-state index contributed by atoms with van der Waals surface area (Å²) in [7, 11) is 0. The Morgan fingerprint density at radius 1 is 0.701 bits per heavy atom. The van der Waals surface area contributed by atoms with E-state index in [1.807, 2.05) is 13.8 Å². The highest BCUT2D eigenvalue weighted by atomic mass is 16.8. The van der Waals surface area contributed by atoms with Crippen molar-refractivity contribution in [3.63, 3.8) is 0 Å². The summed E-state index contributed by atoms with van der Waals surface area (Å²) < 4.78 is 42.0. The van der Waals surface area contributed by atoms with Gasteiger partial charge in [0.15, 0.2) is 25.0 Å². The molecule has 9 aliphatic rings. The molecule has 9 rings (SSSR count). The molecule has 19 heteroatoms. The lowest BCUT2D eigenvalue weighted by atomic mass is 9.32. The van der Waals surface area contributed by atoms with Gasteiger partial charge in [0.2, 0.25) is 0 Å². The summed E-state index contributed by atoms with van der Waals surface area (Å²) in [6.45, 7) is 16.0. The van der Waals surface area contributed by atoms with E-state index in [-0.39, 0.29) is 52.0 Å². The molecule has 5 aliphatic carbocycles. The number of aliphatic hydroxyl groups is 9. The zero-order valence-corrected chi connectivity index (χ0v) is 39.9. The van der Waals surface area contributed by atoms with Gasteiger partial charge in [-0.2, -0.15) is 0 Å². The second kappa shape index (κ2) is 17.0. The molecule has 0 unspecified atom stereocenters. The van der Waals surface area contributed by atoms with Crippen molar-refractivity contribution in [1.82, 2.24) is 0 Å². The van der Waals surface area contributed by atoms with Crippen molar-refractivity contribution in [2.75, 3.05) is 6.61 Å². The second-order valence-electron chi connectivity index (χ2n) is 24.0. The predicted molar refractivity (Wildman–Crippen MR) is 229 cm³/mol. The van der Waals surface area contributed by atoms with Gasteiger partial charge in [0, 0.05) is 12.3 Å². The van der Waals surface area contributed by atoms with E-state index in [9.17, 15) is 60.7 Å². The number of carboxylic acid groups (broad SMARTS) is 1. The van der Waals surface area contributed by atoms with Crippen molar-refractivity contribution in [1.29, 1.82) is 0 Å². The Morgan fingerprint density at radius 3 is 2.03 bits per heavy atom. The maximum atomic E-state index is 13.6. The van der Waals surface area contributed by atoms with Crippen LogP contribution in [0.15, 0.2) is 0 Å². The summed E-state index contributed by atoms with van der Waals surface area (Å²) in [5.41, 5.74) is -2.38. The molecule has 19 nitrogen and oxygen atoms in total. The number of rotatable bonds is 9. The largest absolute Gasteiger partial charge is 0.479 e. The van der Waals surface area contributed by atoms with E-state index in [0.717, 1.165) is 44.9 Å². The summed E-state index contributed by atoms with van der Waals surface area (Å²) in [4.78, 5) is 26.0. The molecule has 4 aliphatic heterocycles. The number of carboxylic acids is 1. The minimum atomic E-state index is -2.00. The normalized spacial score (nSPS) is 56.0. The zero-order chi connectivity index (χ0) is 48.9. The molecule has 0 aromatic heterocycles. The van der Waals surface area contributed by atoms with E-state index >= 15 is 0 Å². The van der Waals surface area contributed by atoms with Gasteiger partial charge in [-0.15, -0.1) is 0 Å². The monoisotopic (exact) mass is 956 g/mol. The summed E-state index contributed by atoms with van der Waals surface area (Å²) in [5.74, 6) is -0.998. The number of carbonyl (C=O) groups is 2. The predicted octanol–water partition coefficient (Wildman–Crippen LogP) is 0.328. The number of ether oxygens (including phenoxy) is 7. The molecule has 1 spiro atoms. The molecule has 382 valence electrons. The number of aliphatic carboxylic acids is 1. The lowest BCUT2D eigenvalue weighted by Gasteiger charge is -2.73. The smallest absolute Gasteiger partial charge is 0.335 e. The van der Waals surface area contributed by atoms with Crippen molar-refractivity contribution in [2.45, 2.75) is 223 Å². The minimum absolute atomic E-state index is 0.0461. The minimum Gasteiger partial charge on any atom is -0.479 e. The molecule has 4 heterocycles. The third kappa shape index (κ3) is 7.36.